The molecule has 0 N–H and O–H groups in total. The Kier molecular flexibility index (Phi) is 9.72. The van der Waals surface area contributed by atoms with Gasteiger partial charge in [-0.3, -0.25) is 0 Å². The molecule has 3 nitrogen and oxygen atoms in total. The summed E-state index contributed by atoms with van der Waals surface area (Å²) in [5.74, 6) is 0. The minimum atomic E-state index is -0.260. The van der Waals surface area contributed by atoms with Crippen LogP contribution in [0.4, 0.5) is 45.5 Å². The minimum absolute atomic E-state index is 0.0294. The third kappa shape index (κ3) is 6.85. The lowest BCUT2D eigenvalue weighted by atomic mass is 9.42. The highest BCUT2D eigenvalue weighted by Crippen LogP contribution is 2.58. The van der Waals surface area contributed by atoms with Crippen LogP contribution in [0.1, 0.15) is 129 Å². The quantitative estimate of drug-likeness (QED) is 0.163. The molecule has 362 valence electrons. The maximum atomic E-state index is 2.76. The number of anilines is 8. The lowest BCUT2D eigenvalue weighted by Crippen LogP contribution is -2.62. The molecule has 1 aliphatic carbocycles. The Bertz CT molecular complexity index is 3690. The Hall–Kier alpha value is -7.04. The first kappa shape index (κ1) is 45.8. The zero-order valence-corrected chi connectivity index (χ0v) is 45.0. The van der Waals surface area contributed by atoms with Crippen molar-refractivity contribution in [2.24, 2.45) is 0 Å². The van der Waals surface area contributed by atoms with Crippen molar-refractivity contribution < 1.29 is 0 Å². The van der Waals surface area contributed by atoms with Crippen molar-refractivity contribution in [3.63, 3.8) is 0 Å². The van der Waals surface area contributed by atoms with Crippen LogP contribution in [-0.2, 0) is 27.1 Å². The van der Waals surface area contributed by atoms with E-state index in [9.17, 15) is 0 Å². The predicted octanol–water partition coefficient (Wildman–Crippen LogP) is 17.8. The maximum Gasteiger partial charge on any atom is 0.333 e. The van der Waals surface area contributed by atoms with Gasteiger partial charge in [0.05, 0.1) is 11.4 Å². The summed E-state index contributed by atoms with van der Waals surface area (Å²) in [6.07, 6.45) is 2.33. The molecule has 3 aliphatic heterocycles. The largest absolute Gasteiger partial charge is 0.376 e. The van der Waals surface area contributed by atoms with E-state index in [1.165, 1.54) is 112 Å². The zero-order chi connectivity index (χ0) is 50.7. The van der Waals surface area contributed by atoms with Gasteiger partial charge in [0, 0.05) is 50.5 Å². The van der Waals surface area contributed by atoms with E-state index in [1.54, 1.807) is 0 Å². The van der Waals surface area contributed by atoms with E-state index in [-0.39, 0.29) is 33.9 Å². The van der Waals surface area contributed by atoms with Crippen molar-refractivity contribution in [3.8, 4) is 11.1 Å². The first-order chi connectivity index (χ1) is 34.7. The van der Waals surface area contributed by atoms with E-state index in [2.05, 4.69) is 268 Å². The van der Waals surface area contributed by atoms with Crippen LogP contribution < -0.4 is 25.5 Å². The molecule has 0 spiro atoms. The average molecular weight is 950 g/mol. The van der Waals surface area contributed by atoms with Crippen molar-refractivity contribution in [2.75, 3.05) is 14.6 Å². The molecular weight excluding hydrogens is 882 g/mol. The Morgan fingerprint density at radius 1 is 0.452 bits per heavy atom. The van der Waals surface area contributed by atoms with E-state index in [1.807, 2.05) is 0 Å². The van der Waals surface area contributed by atoms with E-state index >= 15 is 0 Å². The second-order valence-electron chi connectivity index (χ2n) is 25.7. The summed E-state index contributed by atoms with van der Waals surface area (Å²) >= 11 is 0. The van der Waals surface area contributed by atoms with Crippen molar-refractivity contribution in [1.82, 2.24) is 0 Å². The highest BCUT2D eigenvalue weighted by atomic mass is 15.2. The smallest absolute Gasteiger partial charge is 0.333 e. The summed E-state index contributed by atoms with van der Waals surface area (Å²) in [6, 6.07) is 66.2. The first-order valence-electron chi connectivity index (χ1n) is 26.8. The molecule has 0 aromatic heterocycles. The Labute approximate surface area is 434 Å². The third-order valence-corrected chi connectivity index (χ3v) is 17.7. The number of fused-ring (bicyclic) bond motifs is 10. The molecule has 13 rings (SSSR count). The SMILES string of the molecule is CC(C)(C)c1ccc(N(c2ccc(C(C)(C)C)cc2)c2ccc3c(c2)N(c2ccc4c(c2)C(C)(C)CCC4(C)C)B2c4cccc5c4N(c4cc6ccccc6cc4C5(C)C)c4c2c-3cc2ccccc42)cc1. The van der Waals surface area contributed by atoms with Gasteiger partial charge in [0.15, 0.2) is 0 Å². The summed E-state index contributed by atoms with van der Waals surface area (Å²) in [4.78, 5) is 7.93. The molecule has 0 amide bonds. The Balaban J connectivity index is 1.13. The van der Waals surface area contributed by atoms with Crippen LogP contribution in [0.5, 0.6) is 0 Å². The van der Waals surface area contributed by atoms with Gasteiger partial charge in [-0.1, -0.05) is 186 Å². The van der Waals surface area contributed by atoms with Crippen LogP contribution in [0.15, 0.2) is 170 Å². The summed E-state index contributed by atoms with van der Waals surface area (Å²) in [5, 5.41) is 5.08. The maximum absolute atomic E-state index is 2.76. The van der Waals surface area contributed by atoms with Gasteiger partial charge in [0.1, 0.15) is 0 Å². The molecule has 0 radical (unpaired) electrons. The molecule has 0 unspecified atom stereocenters. The Morgan fingerprint density at radius 3 is 1.68 bits per heavy atom. The molecule has 4 aliphatic rings. The van der Waals surface area contributed by atoms with Crippen molar-refractivity contribution in [1.29, 1.82) is 0 Å². The standard InChI is InChI=1S/C69H68BN3/c1-65(2,3)46-24-28-48(29-25-46)71(49-30-26-47(27-31-49)66(4,5)6)50-32-34-53-54-38-45-20-15-16-21-52(45)63-62(54)70(73(60(53)42-50)51-33-35-55-57(41-51)68(9,10)37-36-67(55,7)8)59-23-17-22-56-64(59)72(63)61-40-44-19-14-13-18-43(44)39-58(61)69(56,11)12/h13-35,38-42H,36-37H2,1-12H3. The number of nitrogens with zero attached hydrogens (tertiary/aromatic N) is 3. The van der Waals surface area contributed by atoms with Gasteiger partial charge in [-0.15, -0.1) is 0 Å². The van der Waals surface area contributed by atoms with Gasteiger partial charge in [-0.2, -0.15) is 0 Å². The van der Waals surface area contributed by atoms with Crippen LogP contribution in [0.25, 0.3) is 32.7 Å². The van der Waals surface area contributed by atoms with Crippen molar-refractivity contribution in [3.05, 3.63) is 203 Å². The number of benzene rings is 9. The van der Waals surface area contributed by atoms with Gasteiger partial charge in [-0.25, -0.2) is 0 Å². The van der Waals surface area contributed by atoms with Gasteiger partial charge in [0.25, 0.3) is 0 Å². The molecule has 0 saturated carbocycles. The second-order valence-corrected chi connectivity index (χ2v) is 25.7. The summed E-state index contributed by atoms with van der Waals surface area (Å²) in [5.41, 5.74) is 23.3. The fourth-order valence-corrected chi connectivity index (χ4v) is 13.4. The molecule has 0 atom stereocenters. The van der Waals surface area contributed by atoms with Crippen molar-refractivity contribution >= 4 is 84.8 Å². The van der Waals surface area contributed by atoms with Crippen LogP contribution in [0.2, 0.25) is 0 Å². The topological polar surface area (TPSA) is 9.72 Å². The fourth-order valence-electron chi connectivity index (χ4n) is 13.4. The number of hydrogen-bond donors (Lipinski definition) is 0. The van der Waals surface area contributed by atoms with Gasteiger partial charge in [0.2, 0.25) is 0 Å². The summed E-state index contributed by atoms with van der Waals surface area (Å²) in [6.45, 7) is 28.4. The van der Waals surface area contributed by atoms with Crippen LogP contribution in [0, 0.1) is 0 Å². The molecule has 0 saturated heterocycles. The van der Waals surface area contributed by atoms with E-state index in [0.29, 0.717) is 0 Å². The second kappa shape index (κ2) is 15.5. The summed E-state index contributed by atoms with van der Waals surface area (Å²) < 4.78 is 0. The van der Waals surface area contributed by atoms with Gasteiger partial charge < -0.3 is 14.6 Å². The van der Waals surface area contributed by atoms with Gasteiger partial charge >= 0.3 is 6.85 Å². The molecular formula is C69H68BN3. The predicted molar refractivity (Wildman–Crippen MR) is 315 cm³/mol. The van der Waals surface area contributed by atoms with Crippen LogP contribution in [-0.4, -0.2) is 6.85 Å². The molecule has 73 heavy (non-hydrogen) atoms. The van der Waals surface area contributed by atoms with E-state index < -0.39 is 0 Å². The number of para-hydroxylation sites is 1. The van der Waals surface area contributed by atoms with Crippen LogP contribution in [0.3, 0.4) is 0 Å². The van der Waals surface area contributed by atoms with Crippen molar-refractivity contribution in [2.45, 2.75) is 123 Å². The molecule has 9 aromatic carbocycles. The van der Waals surface area contributed by atoms with Gasteiger partial charge in [-0.05, 0) is 167 Å². The lowest BCUT2D eigenvalue weighted by molar-refractivity contribution is 0.332. The van der Waals surface area contributed by atoms with E-state index in [0.717, 1.165) is 23.5 Å². The minimum Gasteiger partial charge on any atom is -0.376 e. The normalized spacial score (nSPS) is 16.6. The Morgan fingerprint density at radius 2 is 1.04 bits per heavy atom. The number of rotatable bonds is 4. The zero-order valence-electron chi connectivity index (χ0n) is 45.0. The fraction of sp³-hybridized carbons (Fsp3) is 0.275. The molecule has 0 fully saturated rings. The lowest BCUT2D eigenvalue weighted by Gasteiger charge is -2.51. The highest BCUT2D eigenvalue weighted by molar-refractivity contribution is 6.94. The molecule has 4 heteroatoms. The molecule has 3 heterocycles. The highest BCUT2D eigenvalue weighted by Gasteiger charge is 2.51. The first-order valence-corrected chi connectivity index (χ1v) is 26.8. The third-order valence-electron chi connectivity index (χ3n) is 17.7. The molecule has 0 bridgehead atoms. The van der Waals surface area contributed by atoms with Crippen LogP contribution >= 0.6 is 0 Å². The average Bonchev–Trinajstić information content (AvgIpc) is 3.38. The van der Waals surface area contributed by atoms with E-state index in [4.69, 9.17) is 0 Å². The number of hydrogen-bond acceptors (Lipinski definition) is 3. The summed E-state index contributed by atoms with van der Waals surface area (Å²) in [7, 11) is 0. The molecule has 9 aromatic rings. The monoisotopic (exact) mass is 950 g/mol.